The Morgan fingerprint density at radius 3 is 3.06 bits per heavy atom. The van der Waals surface area contributed by atoms with Gasteiger partial charge in [-0.15, -0.1) is 0 Å². The first-order valence-electron chi connectivity index (χ1n) is 5.73. The third kappa shape index (κ3) is 4.16. The molecule has 96 valence electrons. The van der Waals surface area contributed by atoms with Crippen LogP contribution in [0, 0.1) is 5.92 Å². The van der Waals surface area contributed by atoms with Crippen LogP contribution in [0.2, 0.25) is 0 Å². The number of hydrogen-bond acceptors (Lipinski definition) is 4. The number of amides is 1. The number of nitrogens with one attached hydrogen (secondary N) is 1. The Balaban J connectivity index is 2.51. The Morgan fingerprint density at radius 2 is 2.47 bits per heavy atom. The minimum atomic E-state index is -0.141. The molecule has 0 bridgehead atoms. The lowest BCUT2D eigenvalue weighted by Gasteiger charge is -2.10. The average Bonchev–Trinajstić information content (AvgIpc) is 2.75. The largest absolute Gasteiger partial charge is 0.383 e. The summed E-state index contributed by atoms with van der Waals surface area (Å²) in [4.78, 5) is 11.7. The van der Waals surface area contributed by atoms with E-state index in [0.717, 1.165) is 6.42 Å². The van der Waals surface area contributed by atoms with E-state index in [4.69, 9.17) is 10.5 Å². The van der Waals surface area contributed by atoms with Gasteiger partial charge in [0.25, 0.3) is 0 Å². The third-order valence-corrected chi connectivity index (χ3v) is 2.57. The van der Waals surface area contributed by atoms with E-state index in [9.17, 15) is 4.79 Å². The van der Waals surface area contributed by atoms with Crippen LogP contribution in [-0.2, 0) is 16.1 Å². The first-order valence-corrected chi connectivity index (χ1v) is 5.73. The van der Waals surface area contributed by atoms with Gasteiger partial charge in [0.2, 0.25) is 5.91 Å². The zero-order valence-electron chi connectivity index (χ0n) is 10.3. The van der Waals surface area contributed by atoms with Crippen LogP contribution in [0.1, 0.15) is 13.3 Å². The maximum Gasteiger partial charge on any atom is 0.228 e. The molecule has 1 rings (SSSR count). The summed E-state index contributed by atoms with van der Waals surface area (Å²) in [6, 6.07) is 0. The van der Waals surface area contributed by atoms with Gasteiger partial charge >= 0.3 is 0 Å². The molecule has 6 heteroatoms. The van der Waals surface area contributed by atoms with Crippen molar-refractivity contribution in [3.63, 3.8) is 0 Å². The van der Waals surface area contributed by atoms with E-state index in [0.29, 0.717) is 25.4 Å². The highest BCUT2D eigenvalue weighted by atomic mass is 16.5. The summed E-state index contributed by atoms with van der Waals surface area (Å²) in [5.41, 5.74) is 6.20. The average molecular weight is 240 g/mol. The predicted octanol–water partition coefficient (Wildman–Crippen LogP) is 0.453. The Morgan fingerprint density at radius 1 is 1.71 bits per heavy atom. The maximum atomic E-state index is 11.7. The minimum Gasteiger partial charge on any atom is -0.383 e. The van der Waals surface area contributed by atoms with Gasteiger partial charge in [-0.2, -0.15) is 5.10 Å². The molecule has 1 aromatic rings. The standard InChI is InChI=1S/C11H20N4O2/c1-3-9(6-12)11(16)14-10-7-13-15(8-10)4-5-17-2/h7-9H,3-6,12H2,1-2H3,(H,14,16). The van der Waals surface area contributed by atoms with Crippen LogP contribution < -0.4 is 11.1 Å². The molecule has 0 aliphatic rings. The van der Waals surface area contributed by atoms with Crippen LogP contribution in [0.25, 0.3) is 0 Å². The Labute approximate surface area is 101 Å². The summed E-state index contributed by atoms with van der Waals surface area (Å²) in [5.74, 6) is -0.196. The third-order valence-electron chi connectivity index (χ3n) is 2.57. The molecule has 0 radical (unpaired) electrons. The molecular formula is C11H20N4O2. The van der Waals surface area contributed by atoms with Crippen molar-refractivity contribution in [2.24, 2.45) is 11.7 Å². The lowest BCUT2D eigenvalue weighted by molar-refractivity contribution is -0.119. The number of ether oxygens (including phenoxy) is 1. The summed E-state index contributed by atoms with van der Waals surface area (Å²) in [6.07, 6.45) is 4.14. The van der Waals surface area contributed by atoms with Gasteiger partial charge in [0.1, 0.15) is 0 Å². The van der Waals surface area contributed by atoms with Crippen LogP contribution >= 0.6 is 0 Å². The van der Waals surface area contributed by atoms with Gasteiger partial charge < -0.3 is 15.8 Å². The van der Waals surface area contributed by atoms with E-state index < -0.39 is 0 Å². The fourth-order valence-electron chi connectivity index (χ4n) is 1.44. The van der Waals surface area contributed by atoms with Crippen LogP contribution in [0.4, 0.5) is 5.69 Å². The van der Waals surface area contributed by atoms with Crippen molar-refractivity contribution >= 4 is 11.6 Å². The molecule has 1 unspecified atom stereocenters. The molecule has 17 heavy (non-hydrogen) atoms. The Hall–Kier alpha value is -1.40. The highest BCUT2D eigenvalue weighted by Gasteiger charge is 2.14. The molecule has 0 saturated carbocycles. The van der Waals surface area contributed by atoms with Gasteiger partial charge in [0.05, 0.1) is 31.0 Å². The molecule has 0 saturated heterocycles. The second-order valence-electron chi connectivity index (χ2n) is 3.82. The molecule has 1 aromatic heterocycles. The van der Waals surface area contributed by atoms with Crippen LogP contribution in [0.3, 0.4) is 0 Å². The summed E-state index contributed by atoms with van der Waals surface area (Å²) >= 11 is 0. The van der Waals surface area contributed by atoms with E-state index in [1.54, 1.807) is 24.2 Å². The molecule has 0 spiro atoms. The summed E-state index contributed by atoms with van der Waals surface area (Å²) in [7, 11) is 1.64. The fourth-order valence-corrected chi connectivity index (χ4v) is 1.44. The van der Waals surface area contributed by atoms with Gasteiger partial charge in [-0.05, 0) is 6.42 Å². The predicted molar refractivity (Wildman–Crippen MR) is 65.6 cm³/mol. The van der Waals surface area contributed by atoms with Gasteiger partial charge in [-0.1, -0.05) is 6.92 Å². The van der Waals surface area contributed by atoms with Crippen LogP contribution in [0.15, 0.2) is 12.4 Å². The number of aromatic nitrogens is 2. The van der Waals surface area contributed by atoms with Gasteiger partial charge in [0, 0.05) is 19.9 Å². The van der Waals surface area contributed by atoms with Gasteiger partial charge in [0.15, 0.2) is 0 Å². The molecular weight excluding hydrogens is 220 g/mol. The highest BCUT2D eigenvalue weighted by molar-refractivity contribution is 5.92. The Kier molecular flexibility index (Phi) is 5.65. The molecule has 3 N–H and O–H groups in total. The second-order valence-corrected chi connectivity index (χ2v) is 3.82. The first kappa shape index (κ1) is 13.7. The van der Waals surface area contributed by atoms with Crippen molar-refractivity contribution in [2.45, 2.75) is 19.9 Å². The molecule has 1 atom stereocenters. The summed E-state index contributed by atoms with van der Waals surface area (Å²) < 4.78 is 6.67. The number of carbonyl (C=O) groups is 1. The molecule has 0 aliphatic heterocycles. The number of anilines is 1. The quantitative estimate of drug-likeness (QED) is 0.725. The van der Waals surface area contributed by atoms with Crippen molar-refractivity contribution in [3.05, 3.63) is 12.4 Å². The van der Waals surface area contributed by atoms with Crippen molar-refractivity contribution < 1.29 is 9.53 Å². The normalized spacial score (nSPS) is 12.4. The Bertz CT molecular complexity index is 347. The SMILES string of the molecule is CCC(CN)C(=O)Nc1cnn(CCOC)c1. The topological polar surface area (TPSA) is 82.2 Å². The molecule has 1 heterocycles. The lowest BCUT2D eigenvalue weighted by Crippen LogP contribution is -2.28. The number of nitrogens with two attached hydrogens (primary N) is 1. The fraction of sp³-hybridized carbons (Fsp3) is 0.636. The van der Waals surface area contributed by atoms with Crippen molar-refractivity contribution in [1.29, 1.82) is 0 Å². The molecule has 0 fully saturated rings. The smallest absolute Gasteiger partial charge is 0.228 e. The number of carbonyl (C=O) groups excluding carboxylic acids is 1. The van der Waals surface area contributed by atoms with E-state index in [1.807, 2.05) is 6.92 Å². The van der Waals surface area contributed by atoms with E-state index >= 15 is 0 Å². The van der Waals surface area contributed by atoms with E-state index in [2.05, 4.69) is 10.4 Å². The minimum absolute atomic E-state index is 0.0544. The van der Waals surface area contributed by atoms with E-state index in [1.165, 1.54) is 0 Å². The molecule has 1 amide bonds. The zero-order valence-corrected chi connectivity index (χ0v) is 10.3. The highest BCUT2D eigenvalue weighted by Crippen LogP contribution is 2.09. The molecule has 0 aliphatic carbocycles. The number of nitrogens with zero attached hydrogens (tertiary/aromatic N) is 2. The van der Waals surface area contributed by atoms with Crippen molar-refractivity contribution in [1.82, 2.24) is 9.78 Å². The van der Waals surface area contributed by atoms with Crippen molar-refractivity contribution in [2.75, 3.05) is 25.6 Å². The van der Waals surface area contributed by atoms with Gasteiger partial charge in [-0.25, -0.2) is 0 Å². The van der Waals surface area contributed by atoms with Crippen LogP contribution in [0.5, 0.6) is 0 Å². The van der Waals surface area contributed by atoms with Crippen LogP contribution in [-0.4, -0.2) is 35.9 Å². The number of hydrogen-bond donors (Lipinski definition) is 2. The monoisotopic (exact) mass is 240 g/mol. The zero-order chi connectivity index (χ0) is 12.7. The molecule has 6 nitrogen and oxygen atoms in total. The first-order chi connectivity index (χ1) is 8.21. The maximum absolute atomic E-state index is 11.7. The van der Waals surface area contributed by atoms with Gasteiger partial charge in [-0.3, -0.25) is 9.48 Å². The number of methoxy groups -OCH3 is 1. The number of rotatable bonds is 7. The van der Waals surface area contributed by atoms with Crippen molar-refractivity contribution in [3.8, 4) is 0 Å². The summed E-state index contributed by atoms with van der Waals surface area (Å²) in [5, 5.41) is 6.91. The van der Waals surface area contributed by atoms with E-state index in [-0.39, 0.29) is 11.8 Å². The second kappa shape index (κ2) is 7.03. The molecule has 0 aromatic carbocycles. The summed E-state index contributed by atoms with van der Waals surface area (Å²) in [6.45, 7) is 3.56. The lowest BCUT2D eigenvalue weighted by atomic mass is 10.1.